The molecular formula is C18H22N4O3. The maximum atomic E-state index is 12.2. The molecule has 25 heavy (non-hydrogen) atoms. The number of rotatable bonds is 4. The fourth-order valence-corrected chi connectivity index (χ4v) is 5.38. The summed E-state index contributed by atoms with van der Waals surface area (Å²) in [4.78, 5) is 22.4. The minimum Gasteiger partial charge on any atom is -0.331 e. The molecule has 0 aliphatic heterocycles. The van der Waals surface area contributed by atoms with E-state index in [0.29, 0.717) is 5.56 Å². The predicted octanol–water partition coefficient (Wildman–Crippen LogP) is 3.20. The van der Waals surface area contributed by atoms with E-state index in [1.54, 1.807) is 12.1 Å². The van der Waals surface area contributed by atoms with Crippen LogP contribution in [0.15, 0.2) is 29.4 Å². The van der Waals surface area contributed by atoms with Crippen LogP contribution in [-0.2, 0) is 0 Å². The minimum absolute atomic E-state index is 0.0321. The van der Waals surface area contributed by atoms with Gasteiger partial charge in [-0.2, -0.15) is 5.10 Å². The molecule has 2 amide bonds. The number of hydrogen-bond acceptors (Lipinski definition) is 4. The topological polar surface area (TPSA) is 96.6 Å². The Bertz CT molecular complexity index is 678. The van der Waals surface area contributed by atoms with E-state index in [-0.39, 0.29) is 17.3 Å². The SMILES string of the molecule is O=C(N/N=C\c1ccc([N+](=O)[O-])cc1)NC12CC3CC(CC(C3)C1)C2. The molecule has 132 valence electrons. The van der Waals surface area contributed by atoms with E-state index in [2.05, 4.69) is 15.8 Å². The van der Waals surface area contributed by atoms with Crippen LogP contribution in [0.4, 0.5) is 10.5 Å². The lowest BCUT2D eigenvalue weighted by atomic mass is 9.53. The molecule has 0 atom stereocenters. The molecule has 4 aliphatic rings. The van der Waals surface area contributed by atoms with Crippen molar-refractivity contribution in [2.75, 3.05) is 0 Å². The molecule has 7 nitrogen and oxygen atoms in total. The van der Waals surface area contributed by atoms with Crippen LogP contribution in [0.25, 0.3) is 0 Å². The van der Waals surface area contributed by atoms with Gasteiger partial charge in [0.2, 0.25) is 0 Å². The maximum Gasteiger partial charge on any atom is 0.335 e. The maximum absolute atomic E-state index is 12.2. The zero-order chi connectivity index (χ0) is 17.4. The van der Waals surface area contributed by atoms with Crippen molar-refractivity contribution in [3.8, 4) is 0 Å². The minimum atomic E-state index is -0.446. The van der Waals surface area contributed by atoms with Gasteiger partial charge in [-0.05, 0) is 74.0 Å². The van der Waals surface area contributed by atoms with Crippen LogP contribution in [0.1, 0.15) is 44.1 Å². The summed E-state index contributed by atoms with van der Waals surface area (Å²) in [5.74, 6) is 2.32. The zero-order valence-electron chi connectivity index (χ0n) is 14.0. The van der Waals surface area contributed by atoms with Gasteiger partial charge in [-0.15, -0.1) is 0 Å². The molecule has 1 aromatic rings. The van der Waals surface area contributed by atoms with Gasteiger partial charge in [0.1, 0.15) is 0 Å². The van der Waals surface area contributed by atoms with Crippen LogP contribution in [0.5, 0.6) is 0 Å². The van der Waals surface area contributed by atoms with Crippen molar-refractivity contribution < 1.29 is 9.72 Å². The first-order chi connectivity index (χ1) is 12.0. The molecule has 1 aromatic carbocycles. The van der Waals surface area contributed by atoms with Gasteiger partial charge in [0.25, 0.3) is 5.69 Å². The summed E-state index contributed by atoms with van der Waals surface area (Å²) in [6.45, 7) is 0. The molecule has 2 N–H and O–H groups in total. The Labute approximate surface area is 146 Å². The monoisotopic (exact) mass is 342 g/mol. The number of carbonyl (C=O) groups is 1. The predicted molar refractivity (Wildman–Crippen MR) is 93.3 cm³/mol. The van der Waals surface area contributed by atoms with E-state index in [1.807, 2.05) is 0 Å². The fraction of sp³-hybridized carbons (Fsp3) is 0.556. The Kier molecular flexibility index (Phi) is 3.94. The van der Waals surface area contributed by atoms with Crippen LogP contribution >= 0.6 is 0 Å². The Hall–Kier alpha value is -2.44. The number of amides is 2. The van der Waals surface area contributed by atoms with Crippen LogP contribution in [0, 0.1) is 27.9 Å². The number of hydrazone groups is 1. The van der Waals surface area contributed by atoms with Crippen molar-refractivity contribution in [2.45, 2.75) is 44.1 Å². The Balaban J connectivity index is 1.33. The molecule has 0 spiro atoms. The van der Waals surface area contributed by atoms with Crippen molar-refractivity contribution in [1.82, 2.24) is 10.7 Å². The van der Waals surface area contributed by atoms with Crippen LogP contribution in [0.2, 0.25) is 0 Å². The van der Waals surface area contributed by atoms with Crippen LogP contribution in [0.3, 0.4) is 0 Å². The summed E-state index contributed by atoms with van der Waals surface area (Å²) >= 11 is 0. The smallest absolute Gasteiger partial charge is 0.331 e. The van der Waals surface area contributed by atoms with Gasteiger partial charge < -0.3 is 5.32 Å². The number of hydrogen-bond donors (Lipinski definition) is 2. The first-order valence-electron chi connectivity index (χ1n) is 8.87. The Morgan fingerprint density at radius 3 is 2.20 bits per heavy atom. The number of carbonyl (C=O) groups excluding carboxylic acids is 1. The van der Waals surface area contributed by atoms with Gasteiger partial charge in [0.05, 0.1) is 11.1 Å². The van der Waals surface area contributed by atoms with Crippen molar-refractivity contribution in [3.63, 3.8) is 0 Å². The van der Waals surface area contributed by atoms with E-state index in [9.17, 15) is 14.9 Å². The van der Waals surface area contributed by atoms with Gasteiger partial charge in [-0.3, -0.25) is 10.1 Å². The van der Waals surface area contributed by atoms with Gasteiger partial charge in [-0.25, -0.2) is 10.2 Å². The molecule has 0 saturated heterocycles. The molecule has 0 heterocycles. The van der Waals surface area contributed by atoms with Gasteiger partial charge >= 0.3 is 6.03 Å². The lowest BCUT2D eigenvalue weighted by Gasteiger charge is -2.56. The van der Waals surface area contributed by atoms with Gasteiger partial charge in [0, 0.05) is 17.7 Å². The summed E-state index contributed by atoms with van der Waals surface area (Å²) in [6.07, 6.45) is 8.78. The van der Waals surface area contributed by atoms with E-state index in [4.69, 9.17) is 0 Å². The van der Waals surface area contributed by atoms with Crippen molar-refractivity contribution in [3.05, 3.63) is 39.9 Å². The highest BCUT2D eigenvalue weighted by atomic mass is 16.6. The van der Waals surface area contributed by atoms with E-state index in [1.165, 1.54) is 37.6 Å². The summed E-state index contributed by atoms with van der Waals surface area (Å²) in [5, 5.41) is 17.8. The van der Waals surface area contributed by atoms with Crippen molar-refractivity contribution in [2.24, 2.45) is 22.9 Å². The molecular weight excluding hydrogens is 320 g/mol. The molecule has 4 aliphatic carbocycles. The number of nitro benzene ring substituents is 1. The normalized spacial score (nSPS) is 32.7. The third-order valence-corrected chi connectivity index (χ3v) is 5.90. The third-order valence-electron chi connectivity index (χ3n) is 5.90. The number of nitro groups is 1. The first-order valence-corrected chi connectivity index (χ1v) is 8.87. The van der Waals surface area contributed by atoms with Crippen molar-refractivity contribution in [1.29, 1.82) is 0 Å². The van der Waals surface area contributed by atoms with Gasteiger partial charge in [0.15, 0.2) is 0 Å². The Morgan fingerprint density at radius 2 is 1.68 bits per heavy atom. The highest BCUT2D eigenvalue weighted by Crippen LogP contribution is 2.55. The highest BCUT2D eigenvalue weighted by molar-refractivity contribution is 5.82. The number of benzene rings is 1. The summed E-state index contributed by atoms with van der Waals surface area (Å²) in [7, 11) is 0. The standard InChI is InChI=1S/C18H22N4O3/c23-17(21-19-11-12-1-3-16(4-2-12)22(24)25)20-18-8-13-5-14(9-18)7-15(6-13)10-18/h1-4,11,13-15H,5-10H2,(H2,20,21,23)/b19-11-. The second kappa shape index (κ2) is 6.13. The zero-order valence-corrected chi connectivity index (χ0v) is 14.0. The number of nitrogens with zero attached hydrogens (tertiary/aromatic N) is 2. The van der Waals surface area contributed by atoms with E-state index < -0.39 is 4.92 Å². The lowest BCUT2D eigenvalue weighted by Crippen LogP contribution is -2.61. The molecule has 5 rings (SSSR count). The second-order valence-electron chi connectivity index (χ2n) is 7.87. The van der Waals surface area contributed by atoms with Gasteiger partial charge in [-0.1, -0.05) is 0 Å². The highest BCUT2D eigenvalue weighted by Gasteiger charge is 2.51. The molecule has 4 saturated carbocycles. The molecule has 0 unspecified atom stereocenters. The number of nitrogens with one attached hydrogen (secondary N) is 2. The summed E-state index contributed by atoms with van der Waals surface area (Å²) in [5.41, 5.74) is 3.22. The van der Waals surface area contributed by atoms with Crippen LogP contribution in [-0.4, -0.2) is 22.7 Å². The molecule has 0 radical (unpaired) electrons. The third kappa shape index (κ3) is 3.36. The average Bonchev–Trinajstić information content (AvgIpc) is 2.53. The Morgan fingerprint density at radius 1 is 1.12 bits per heavy atom. The fourth-order valence-electron chi connectivity index (χ4n) is 5.38. The molecule has 4 fully saturated rings. The molecule has 4 bridgehead atoms. The molecule has 0 aromatic heterocycles. The number of urea groups is 1. The largest absolute Gasteiger partial charge is 0.335 e. The van der Waals surface area contributed by atoms with E-state index in [0.717, 1.165) is 37.0 Å². The summed E-state index contributed by atoms with van der Waals surface area (Å²) < 4.78 is 0. The second-order valence-corrected chi connectivity index (χ2v) is 7.87. The summed E-state index contributed by atoms with van der Waals surface area (Å²) in [6, 6.07) is 5.76. The first kappa shape index (κ1) is 16.1. The quantitative estimate of drug-likeness (QED) is 0.499. The lowest BCUT2D eigenvalue weighted by molar-refractivity contribution is -0.384. The van der Waals surface area contributed by atoms with Crippen molar-refractivity contribution >= 4 is 17.9 Å². The van der Waals surface area contributed by atoms with E-state index >= 15 is 0 Å². The molecule has 7 heteroatoms. The van der Waals surface area contributed by atoms with Crippen LogP contribution < -0.4 is 10.7 Å². The average molecular weight is 342 g/mol. The number of non-ortho nitro benzene ring substituents is 1.